The summed E-state index contributed by atoms with van der Waals surface area (Å²) in [6.45, 7) is 6.72. The zero-order chi connectivity index (χ0) is 21.1. The standard InChI is InChI=1S/C24H40O5/c1-13(4-7-21(28)29)16-5-6-17-22-18(12-20(27)24(16,17)3)23(2)9-8-15(25)10-14(23)11-19(22)26/h13-20,22,25-27H,4-12H2,1-3H3,(H,28,29)/t13-,14+,15+,16+,17-,18-,19-,20-,22-,23+,24+/m1/s1. The second-order valence-corrected chi connectivity index (χ2v) is 11.4. The van der Waals surface area contributed by atoms with Crippen LogP contribution in [0.1, 0.15) is 78.6 Å². The van der Waals surface area contributed by atoms with E-state index in [2.05, 4.69) is 20.8 Å². The third-order valence-corrected chi connectivity index (χ3v) is 10.3. The lowest BCUT2D eigenvalue weighted by Crippen LogP contribution is -2.62. The van der Waals surface area contributed by atoms with Crippen LogP contribution in [0.3, 0.4) is 0 Å². The molecule has 0 radical (unpaired) electrons. The molecule has 0 amide bonds. The molecular weight excluding hydrogens is 368 g/mol. The number of aliphatic carboxylic acids is 1. The van der Waals surface area contributed by atoms with Gasteiger partial charge >= 0.3 is 5.97 Å². The number of carbonyl (C=O) groups is 1. The van der Waals surface area contributed by atoms with Crippen molar-refractivity contribution in [3.63, 3.8) is 0 Å². The normalized spacial score (nSPS) is 52.9. The maximum absolute atomic E-state index is 11.5. The van der Waals surface area contributed by atoms with Crippen molar-refractivity contribution in [3.8, 4) is 0 Å². The van der Waals surface area contributed by atoms with E-state index in [1.165, 1.54) is 0 Å². The van der Waals surface area contributed by atoms with E-state index >= 15 is 0 Å². The average molecular weight is 409 g/mol. The number of carboxylic acid groups (broad SMARTS) is 1. The smallest absolute Gasteiger partial charge is 0.303 e. The van der Waals surface area contributed by atoms with E-state index in [1.54, 1.807) is 0 Å². The summed E-state index contributed by atoms with van der Waals surface area (Å²) in [5.74, 6) is 0.997. The number of hydrogen-bond acceptors (Lipinski definition) is 4. The first-order valence-electron chi connectivity index (χ1n) is 11.8. The molecule has 0 aromatic carbocycles. The van der Waals surface area contributed by atoms with Crippen molar-refractivity contribution in [3.05, 3.63) is 0 Å². The van der Waals surface area contributed by atoms with Crippen LogP contribution < -0.4 is 0 Å². The molecule has 4 N–H and O–H groups in total. The second kappa shape index (κ2) is 7.49. The van der Waals surface area contributed by atoms with Crippen LogP contribution in [0.15, 0.2) is 0 Å². The van der Waals surface area contributed by atoms with Crippen LogP contribution in [0.4, 0.5) is 0 Å². The van der Waals surface area contributed by atoms with E-state index in [1.807, 2.05) is 0 Å². The zero-order valence-corrected chi connectivity index (χ0v) is 18.3. The molecule has 166 valence electrons. The predicted molar refractivity (Wildman–Crippen MR) is 110 cm³/mol. The fourth-order valence-electron chi connectivity index (χ4n) is 8.68. The Balaban J connectivity index is 1.61. The minimum absolute atomic E-state index is 0.0957. The summed E-state index contributed by atoms with van der Waals surface area (Å²) in [5.41, 5.74) is -0.143. The highest BCUT2D eigenvalue weighted by molar-refractivity contribution is 5.66. The summed E-state index contributed by atoms with van der Waals surface area (Å²) >= 11 is 0. The van der Waals surface area contributed by atoms with Crippen molar-refractivity contribution in [2.75, 3.05) is 0 Å². The molecule has 4 saturated carbocycles. The van der Waals surface area contributed by atoms with E-state index in [-0.39, 0.29) is 41.3 Å². The molecule has 0 aromatic heterocycles. The van der Waals surface area contributed by atoms with Crippen molar-refractivity contribution >= 4 is 5.97 Å². The molecule has 0 saturated heterocycles. The fraction of sp³-hybridized carbons (Fsp3) is 0.958. The number of fused-ring (bicyclic) bond motifs is 5. The molecule has 4 aliphatic rings. The monoisotopic (exact) mass is 408 g/mol. The highest BCUT2D eigenvalue weighted by Crippen LogP contribution is 2.68. The number of aliphatic hydroxyl groups excluding tert-OH is 3. The first kappa shape index (κ1) is 21.6. The molecule has 0 bridgehead atoms. The topological polar surface area (TPSA) is 98.0 Å². The molecule has 4 rings (SSSR count). The van der Waals surface area contributed by atoms with Gasteiger partial charge in [-0.25, -0.2) is 0 Å². The van der Waals surface area contributed by atoms with Gasteiger partial charge in [-0.2, -0.15) is 0 Å². The highest BCUT2D eigenvalue weighted by Gasteiger charge is 2.65. The van der Waals surface area contributed by atoms with Gasteiger partial charge < -0.3 is 20.4 Å². The van der Waals surface area contributed by atoms with Crippen LogP contribution in [-0.4, -0.2) is 44.7 Å². The van der Waals surface area contributed by atoms with Crippen LogP contribution in [-0.2, 0) is 4.79 Å². The maximum Gasteiger partial charge on any atom is 0.303 e. The lowest BCUT2D eigenvalue weighted by atomic mass is 9.43. The Kier molecular flexibility index (Phi) is 5.57. The van der Waals surface area contributed by atoms with E-state index in [9.17, 15) is 20.1 Å². The minimum Gasteiger partial charge on any atom is -0.481 e. The quantitative estimate of drug-likeness (QED) is 0.571. The first-order chi connectivity index (χ1) is 13.6. The fourth-order valence-corrected chi connectivity index (χ4v) is 8.68. The maximum atomic E-state index is 11.5. The van der Waals surface area contributed by atoms with Gasteiger partial charge in [-0.05, 0) is 97.7 Å². The SMILES string of the molecule is C[C@H](CCC(=O)O)[C@@H]1CC[C@@H]2[C@H]3[C@H](O)C[C@@H]4C[C@@H](O)CC[C@]4(C)[C@@H]3C[C@@H](O)[C@]21C. The lowest BCUT2D eigenvalue weighted by Gasteiger charge is -2.63. The number of rotatable bonds is 4. The molecule has 29 heavy (non-hydrogen) atoms. The molecular formula is C24H40O5. The van der Waals surface area contributed by atoms with Crippen molar-refractivity contribution in [1.29, 1.82) is 0 Å². The van der Waals surface area contributed by atoms with Crippen LogP contribution in [0.2, 0.25) is 0 Å². The molecule has 4 aliphatic carbocycles. The van der Waals surface area contributed by atoms with Crippen LogP contribution in [0, 0.1) is 46.3 Å². The Bertz CT molecular complexity index is 637. The van der Waals surface area contributed by atoms with Gasteiger partial charge in [-0.3, -0.25) is 4.79 Å². The van der Waals surface area contributed by atoms with Crippen LogP contribution >= 0.6 is 0 Å². The van der Waals surface area contributed by atoms with Gasteiger partial charge in [0.25, 0.3) is 0 Å². The van der Waals surface area contributed by atoms with Gasteiger partial charge in [0.2, 0.25) is 0 Å². The minimum atomic E-state index is -0.748. The zero-order valence-electron chi connectivity index (χ0n) is 18.3. The van der Waals surface area contributed by atoms with Gasteiger partial charge in [0.1, 0.15) is 0 Å². The molecule has 5 heteroatoms. The second-order valence-electron chi connectivity index (χ2n) is 11.4. The Morgan fingerprint density at radius 1 is 1.03 bits per heavy atom. The Morgan fingerprint density at radius 2 is 1.76 bits per heavy atom. The Morgan fingerprint density at radius 3 is 2.45 bits per heavy atom. The number of hydrogen-bond donors (Lipinski definition) is 4. The number of carboxylic acids is 1. The van der Waals surface area contributed by atoms with Crippen molar-refractivity contribution in [2.45, 2.75) is 96.9 Å². The van der Waals surface area contributed by atoms with Gasteiger partial charge in [0.15, 0.2) is 0 Å². The van der Waals surface area contributed by atoms with E-state index < -0.39 is 12.1 Å². The molecule has 0 aromatic rings. The summed E-state index contributed by atoms with van der Waals surface area (Å²) in [7, 11) is 0. The molecule has 0 aliphatic heterocycles. The summed E-state index contributed by atoms with van der Waals surface area (Å²) in [5, 5.41) is 42.0. The highest BCUT2D eigenvalue weighted by atomic mass is 16.4. The van der Waals surface area contributed by atoms with Gasteiger partial charge in [0.05, 0.1) is 18.3 Å². The lowest BCUT2D eigenvalue weighted by molar-refractivity contribution is -0.207. The third kappa shape index (κ3) is 3.27. The van der Waals surface area contributed by atoms with E-state index in [4.69, 9.17) is 5.11 Å². The van der Waals surface area contributed by atoms with Gasteiger partial charge in [-0.15, -0.1) is 0 Å². The van der Waals surface area contributed by atoms with Crippen LogP contribution in [0.5, 0.6) is 0 Å². The van der Waals surface area contributed by atoms with Gasteiger partial charge in [-0.1, -0.05) is 20.8 Å². The summed E-state index contributed by atoms with van der Waals surface area (Å²) in [6, 6.07) is 0. The number of aliphatic hydroxyl groups is 3. The van der Waals surface area contributed by atoms with Crippen molar-refractivity contribution in [1.82, 2.24) is 0 Å². The predicted octanol–water partition coefficient (Wildman–Crippen LogP) is 3.45. The first-order valence-corrected chi connectivity index (χ1v) is 11.8. The van der Waals surface area contributed by atoms with Crippen molar-refractivity contribution in [2.24, 2.45) is 46.3 Å². The van der Waals surface area contributed by atoms with E-state index in [0.29, 0.717) is 30.1 Å². The molecule has 4 fully saturated rings. The van der Waals surface area contributed by atoms with E-state index in [0.717, 1.165) is 44.9 Å². The molecule has 5 nitrogen and oxygen atoms in total. The molecule has 11 atom stereocenters. The summed E-state index contributed by atoms with van der Waals surface area (Å²) < 4.78 is 0. The third-order valence-electron chi connectivity index (χ3n) is 10.3. The molecule has 0 heterocycles. The van der Waals surface area contributed by atoms with Gasteiger partial charge in [0, 0.05) is 6.42 Å². The van der Waals surface area contributed by atoms with Crippen LogP contribution in [0.25, 0.3) is 0 Å². The largest absolute Gasteiger partial charge is 0.481 e. The molecule has 0 spiro atoms. The average Bonchev–Trinajstić information content (AvgIpc) is 3.01. The Labute approximate surface area is 174 Å². The summed E-state index contributed by atoms with van der Waals surface area (Å²) in [4.78, 5) is 11.1. The Hall–Kier alpha value is -0.650. The van der Waals surface area contributed by atoms with Crippen molar-refractivity contribution < 1.29 is 25.2 Å². The molecule has 0 unspecified atom stereocenters. The summed E-state index contributed by atoms with van der Waals surface area (Å²) in [6.07, 6.45) is 6.00.